The second kappa shape index (κ2) is 4.86. The Labute approximate surface area is 101 Å². The van der Waals surface area contributed by atoms with Gasteiger partial charge in [-0.3, -0.25) is 4.79 Å². The van der Waals surface area contributed by atoms with E-state index in [9.17, 15) is 9.18 Å². The van der Waals surface area contributed by atoms with Crippen LogP contribution in [0.5, 0.6) is 0 Å². The summed E-state index contributed by atoms with van der Waals surface area (Å²) in [5, 5.41) is 0. The molecule has 1 aromatic carbocycles. The largest absolute Gasteiger partial charge is 0.335 e. The molecule has 17 heavy (non-hydrogen) atoms. The monoisotopic (exact) mass is 235 g/mol. The van der Waals surface area contributed by atoms with Gasteiger partial charge in [0.25, 0.3) is 5.91 Å². The number of halogens is 1. The van der Waals surface area contributed by atoms with E-state index in [1.807, 2.05) is 4.90 Å². The summed E-state index contributed by atoms with van der Waals surface area (Å²) in [6.45, 7) is 4.93. The summed E-state index contributed by atoms with van der Waals surface area (Å²) in [6, 6.07) is 6.32. The van der Waals surface area contributed by atoms with Crippen LogP contribution in [0.2, 0.25) is 0 Å². The van der Waals surface area contributed by atoms with Gasteiger partial charge in [0.1, 0.15) is 5.82 Å². The maximum atomic E-state index is 13.1. The molecule has 1 amide bonds. The number of benzene rings is 1. The predicted octanol–water partition coefficient (Wildman–Crippen LogP) is 3.09. The van der Waals surface area contributed by atoms with Crippen LogP contribution in [0.25, 0.3) is 0 Å². The van der Waals surface area contributed by atoms with E-state index in [-0.39, 0.29) is 11.7 Å². The second-order valence-electron chi connectivity index (χ2n) is 5.09. The third-order valence-corrected chi connectivity index (χ3v) is 2.88. The van der Waals surface area contributed by atoms with Crippen LogP contribution < -0.4 is 0 Å². The molecule has 3 heteroatoms. The van der Waals surface area contributed by atoms with Crippen molar-refractivity contribution in [3.63, 3.8) is 0 Å². The van der Waals surface area contributed by atoms with Crippen molar-refractivity contribution < 1.29 is 9.18 Å². The average molecular weight is 235 g/mol. The molecule has 1 aliphatic carbocycles. The molecule has 1 saturated carbocycles. The summed E-state index contributed by atoms with van der Waals surface area (Å²) >= 11 is 0. The Hall–Kier alpha value is -1.38. The molecule has 1 fully saturated rings. The Balaban J connectivity index is 2.15. The lowest BCUT2D eigenvalue weighted by molar-refractivity contribution is 0.0722. The first kappa shape index (κ1) is 12.1. The molecule has 0 heterocycles. The van der Waals surface area contributed by atoms with Crippen LogP contribution in [-0.4, -0.2) is 23.4 Å². The Kier molecular flexibility index (Phi) is 3.46. The van der Waals surface area contributed by atoms with Crippen molar-refractivity contribution in [2.45, 2.75) is 32.7 Å². The van der Waals surface area contributed by atoms with E-state index < -0.39 is 0 Å². The lowest BCUT2D eigenvalue weighted by Gasteiger charge is -2.24. The zero-order valence-corrected chi connectivity index (χ0v) is 10.3. The molecule has 1 aromatic rings. The lowest BCUT2D eigenvalue weighted by Crippen LogP contribution is -2.36. The Morgan fingerprint density at radius 1 is 1.47 bits per heavy atom. The molecule has 1 aliphatic rings. The van der Waals surface area contributed by atoms with Gasteiger partial charge < -0.3 is 4.90 Å². The number of nitrogens with zero attached hydrogens (tertiary/aromatic N) is 1. The molecule has 0 saturated heterocycles. The van der Waals surface area contributed by atoms with E-state index >= 15 is 0 Å². The van der Waals surface area contributed by atoms with Crippen molar-refractivity contribution in [1.82, 2.24) is 4.90 Å². The first-order valence-corrected chi connectivity index (χ1v) is 6.14. The molecule has 0 unspecified atom stereocenters. The number of carbonyl (C=O) groups excluding carboxylic acids is 1. The highest BCUT2D eigenvalue weighted by molar-refractivity contribution is 5.94. The summed E-state index contributed by atoms with van der Waals surface area (Å²) in [5.41, 5.74) is 0.456. The lowest BCUT2D eigenvalue weighted by atomic mass is 10.1. The molecule has 0 aliphatic heterocycles. The fourth-order valence-electron chi connectivity index (χ4n) is 1.96. The summed E-state index contributed by atoms with van der Waals surface area (Å²) < 4.78 is 13.1. The Morgan fingerprint density at radius 2 is 2.18 bits per heavy atom. The van der Waals surface area contributed by atoms with Gasteiger partial charge in [-0.25, -0.2) is 4.39 Å². The van der Waals surface area contributed by atoms with Crippen LogP contribution >= 0.6 is 0 Å². The van der Waals surface area contributed by atoms with E-state index in [0.717, 1.165) is 19.4 Å². The zero-order chi connectivity index (χ0) is 12.4. The van der Waals surface area contributed by atoms with Crippen LogP contribution in [0.15, 0.2) is 24.3 Å². The van der Waals surface area contributed by atoms with Crippen molar-refractivity contribution in [3.05, 3.63) is 35.6 Å². The number of hydrogen-bond acceptors (Lipinski definition) is 1. The van der Waals surface area contributed by atoms with Crippen LogP contribution in [0.4, 0.5) is 4.39 Å². The van der Waals surface area contributed by atoms with Gasteiger partial charge in [-0.2, -0.15) is 0 Å². The van der Waals surface area contributed by atoms with Crippen molar-refractivity contribution in [1.29, 1.82) is 0 Å². The van der Waals surface area contributed by atoms with E-state index in [1.54, 1.807) is 12.1 Å². The van der Waals surface area contributed by atoms with Crippen molar-refractivity contribution >= 4 is 5.91 Å². The summed E-state index contributed by atoms with van der Waals surface area (Å²) in [5.74, 6) is 0.0463. The van der Waals surface area contributed by atoms with E-state index in [1.165, 1.54) is 12.1 Å². The zero-order valence-electron chi connectivity index (χ0n) is 10.3. The third kappa shape index (κ3) is 3.05. The van der Waals surface area contributed by atoms with Gasteiger partial charge >= 0.3 is 0 Å². The first-order valence-electron chi connectivity index (χ1n) is 6.14. The normalized spacial score (nSPS) is 15.1. The van der Waals surface area contributed by atoms with Gasteiger partial charge in [-0.15, -0.1) is 0 Å². The molecule has 0 radical (unpaired) electrons. The van der Waals surface area contributed by atoms with Gasteiger partial charge in [0, 0.05) is 18.2 Å². The van der Waals surface area contributed by atoms with Crippen molar-refractivity contribution in [2.75, 3.05) is 6.54 Å². The van der Waals surface area contributed by atoms with Crippen molar-refractivity contribution in [2.24, 2.45) is 5.92 Å². The summed E-state index contributed by atoms with van der Waals surface area (Å²) in [6.07, 6.45) is 2.15. The predicted molar refractivity (Wildman–Crippen MR) is 65.3 cm³/mol. The topological polar surface area (TPSA) is 20.3 Å². The fourth-order valence-corrected chi connectivity index (χ4v) is 1.96. The SMILES string of the molecule is CC(C)CN(C(=O)c1cccc(F)c1)C1CC1. The fraction of sp³-hybridized carbons (Fsp3) is 0.500. The van der Waals surface area contributed by atoms with Gasteiger partial charge in [-0.1, -0.05) is 19.9 Å². The molecule has 2 rings (SSSR count). The maximum Gasteiger partial charge on any atom is 0.254 e. The van der Waals surface area contributed by atoms with Crippen molar-refractivity contribution in [3.8, 4) is 0 Å². The Bertz CT molecular complexity index is 412. The number of carbonyl (C=O) groups is 1. The number of amides is 1. The number of rotatable bonds is 4. The number of hydrogen-bond donors (Lipinski definition) is 0. The maximum absolute atomic E-state index is 13.1. The molecule has 0 aromatic heterocycles. The first-order chi connectivity index (χ1) is 8.08. The molecule has 2 nitrogen and oxygen atoms in total. The molecular weight excluding hydrogens is 217 g/mol. The molecule has 0 atom stereocenters. The molecule has 0 bridgehead atoms. The molecule has 92 valence electrons. The highest BCUT2D eigenvalue weighted by Crippen LogP contribution is 2.29. The smallest absolute Gasteiger partial charge is 0.254 e. The summed E-state index contributed by atoms with van der Waals surface area (Å²) in [7, 11) is 0. The minimum Gasteiger partial charge on any atom is -0.335 e. The molecule has 0 N–H and O–H groups in total. The highest BCUT2D eigenvalue weighted by Gasteiger charge is 2.33. The third-order valence-electron chi connectivity index (χ3n) is 2.88. The van der Waals surface area contributed by atoms with Crippen LogP contribution in [0.1, 0.15) is 37.0 Å². The van der Waals surface area contributed by atoms with E-state index in [4.69, 9.17) is 0 Å². The highest BCUT2D eigenvalue weighted by atomic mass is 19.1. The van der Waals surface area contributed by atoms with Gasteiger partial charge in [0.2, 0.25) is 0 Å². The second-order valence-corrected chi connectivity index (χ2v) is 5.09. The van der Waals surface area contributed by atoms with Crippen LogP contribution in [0.3, 0.4) is 0 Å². The molecular formula is C14H18FNO. The summed E-state index contributed by atoms with van der Waals surface area (Å²) in [4.78, 5) is 14.2. The molecule has 0 spiro atoms. The van der Waals surface area contributed by atoms with E-state index in [0.29, 0.717) is 17.5 Å². The minimum absolute atomic E-state index is 0.0410. The minimum atomic E-state index is -0.351. The quantitative estimate of drug-likeness (QED) is 0.785. The van der Waals surface area contributed by atoms with Gasteiger partial charge in [-0.05, 0) is 37.0 Å². The van der Waals surface area contributed by atoms with E-state index in [2.05, 4.69) is 13.8 Å². The van der Waals surface area contributed by atoms with Crippen LogP contribution in [-0.2, 0) is 0 Å². The average Bonchev–Trinajstić information content (AvgIpc) is 3.08. The van der Waals surface area contributed by atoms with Gasteiger partial charge in [0.15, 0.2) is 0 Å². The Morgan fingerprint density at radius 3 is 2.71 bits per heavy atom. The standard InChI is InChI=1S/C14H18FNO/c1-10(2)9-16(13-6-7-13)14(17)11-4-3-5-12(15)8-11/h3-5,8,10,13H,6-7,9H2,1-2H3. The van der Waals surface area contributed by atoms with Gasteiger partial charge in [0.05, 0.1) is 0 Å². The van der Waals surface area contributed by atoms with Crippen LogP contribution in [0, 0.1) is 11.7 Å².